The normalized spacial score (nSPS) is 10.8. The van der Waals surface area contributed by atoms with Crippen LogP contribution in [0, 0.1) is 0 Å². The summed E-state index contributed by atoms with van der Waals surface area (Å²) in [6, 6.07) is 13.8. The number of hydrogen-bond donors (Lipinski definition) is 1. The van der Waals surface area contributed by atoms with Crippen molar-refractivity contribution in [3.05, 3.63) is 98.0 Å². The lowest BCUT2D eigenvalue weighted by Crippen LogP contribution is -2.42. The van der Waals surface area contributed by atoms with Crippen molar-refractivity contribution in [2.45, 2.75) is 13.1 Å². The molecule has 4 rings (SSSR count). The number of anilines is 1. The van der Waals surface area contributed by atoms with Gasteiger partial charge in [-0.2, -0.15) is 0 Å². The van der Waals surface area contributed by atoms with Gasteiger partial charge in [0.25, 0.3) is 5.56 Å². The van der Waals surface area contributed by atoms with Gasteiger partial charge in [0.2, 0.25) is 5.91 Å². The number of amides is 1. The molecule has 0 saturated heterocycles. The molecule has 3 aromatic heterocycles. The second-order valence-corrected chi connectivity index (χ2v) is 7.46. The van der Waals surface area contributed by atoms with E-state index in [2.05, 4.69) is 31.2 Å². The van der Waals surface area contributed by atoms with Gasteiger partial charge >= 0.3 is 5.69 Å². The molecule has 4 aromatic rings. The first-order chi connectivity index (χ1) is 14.5. The number of carbonyl (C=O) groups excluding carboxylic acids is 1. The number of hydrogen-bond acceptors (Lipinski definition) is 5. The first kappa shape index (κ1) is 19.7. The first-order valence-electron chi connectivity index (χ1n) is 9.05. The van der Waals surface area contributed by atoms with Gasteiger partial charge in [-0.1, -0.05) is 22.0 Å². The van der Waals surface area contributed by atoms with E-state index in [0.29, 0.717) is 11.2 Å². The monoisotopic (exact) mass is 465 g/mol. The quantitative estimate of drug-likeness (QED) is 0.487. The molecule has 0 fully saturated rings. The van der Waals surface area contributed by atoms with Crippen LogP contribution in [0.4, 0.5) is 5.69 Å². The number of pyridine rings is 2. The van der Waals surface area contributed by atoms with Crippen molar-refractivity contribution in [3.63, 3.8) is 0 Å². The van der Waals surface area contributed by atoms with Crippen LogP contribution in [0.2, 0.25) is 0 Å². The molecule has 0 aliphatic rings. The summed E-state index contributed by atoms with van der Waals surface area (Å²) in [5, 5.41) is 2.76. The summed E-state index contributed by atoms with van der Waals surface area (Å²) >= 11 is 3.35. The van der Waals surface area contributed by atoms with Crippen LogP contribution in [0.15, 0.2) is 81.2 Å². The predicted molar refractivity (Wildman–Crippen MR) is 116 cm³/mol. The predicted octanol–water partition coefficient (Wildman–Crippen LogP) is 2.40. The third-order valence-corrected chi connectivity index (χ3v) is 4.98. The van der Waals surface area contributed by atoms with Crippen molar-refractivity contribution < 1.29 is 4.79 Å². The number of nitrogens with one attached hydrogen (secondary N) is 1. The van der Waals surface area contributed by atoms with E-state index >= 15 is 0 Å². The number of fused-ring (bicyclic) bond motifs is 1. The van der Waals surface area contributed by atoms with Gasteiger partial charge in [0.1, 0.15) is 6.54 Å². The highest BCUT2D eigenvalue weighted by molar-refractivity contribution is 9.10. The fourth-order valence-corrected chi connectivity index (χ4v) is 3.52. The highest BCUT2D eigenvalue weighted by Gasteiger charge is 2.16. The topological polar surface area (TPSA) is 98.9 Å². The maximum absolute atomic E-state index is 13.1. The Kier molecular flexibility index (Phi) is 5.53. The molecule has 0 aliphatic heterocycles. The Bertz CT molecular complexity index is 1350. The molecule has 1 aromatic carbocycles. The summed E-state index contributed by atoms with van der Waals surface area (Å²) in [7, 11) is 0. The Balaban J connectivity index is 1.76. The van der Waals surface area contributed by atoms with Crippen LogP contribution in [-0.2, 0) is 17.9 Å². The number of nitrogens with zero attached hydrogens (tertiary/aromatic N) is 4. The molecule has 0 spiro atoms. The fraction of sp³-hybridized carbons (Fsp3) is 0.0952. The Labute approximate surface area is 179 Å². The Morgan fingerprint density at radius 1 is 1.00 bits per heavy atom. The molecule has 30 heavy (non-hydrogen) atoms. The maximum atomic E-state index is 13.1. The molecule has 8 nitrogen and oxygen atoms in total. The van der Waals surface area contributed by atoms with Gasteiger partial charge < -0.3 is 5.32 Å². The molecule has 1 N–H and O–H groups in total. The van der Waals surface area contributed by atoms with Crippen molar-refractivity contribution in [3.8, 4) is 0 Å². The zero-order chi connectivity index (χ0) is 21.1. The molecule has 0 bridgehead atoms. The van der Waals surface area contributed by atoms with E-state index in [-0.39, 0.29) is 18.6 Å². The zero-order valence-corrected chi connectivity index (χ0v) is 17.2. The van der Waals surface area contributed by atoms with E-state index in [4.69, 9.17) is 0 Å². The van der Waals surface area contributed by atoms with E-state index in [1.165, 1.54) is 10.8 Å². The minimum absolute atomic E-state index is 0.0555. The molecule has 150 valence electrons. The van der Waals surface area contributed by atoms with Crippen LogP contribution in [0.25, 0.3) is 11.0 Å². The lowest BCUT2D eigenvalue weighted by molar-refractivity contribution is -0.116. The number of aromatic nitrogens is 4. The first-order valence-corrected chi connectivity index (χ1v) is 9.85. The van der Waals surface area contributed by atoms with Crippen LogP contribution in [0.5, 0.6) is 0 Å². The van der Waals surface area contributed by atoms with E-state index < -0.39 is 17.2 Å². The van der Waals surface area contributed by atoms with E-state index in [9.17, 15) is 14.4 Å². The van der Waals surface area contributed by atoms with Crippen molar-refractivity contribution in [2.75, 3.05) is 5.32 Å². The second kappa shape index (κ2) is 8.42. The molecule has 0 atom stereocenters. The fourth-order valence-electron chi connectivity index (χ4n) is 3.12. The molecule has 3 heterocycles. The third-order valence-electron chi connectivity index (χ3n) is 4.49. The van der Waals surface area contributed by atoms with Gasteiger partial charge in [0.15, 0.2) is 5.52 Å². The van der Waals surface area contributed by atoms with Gasteiger partial charge in [0, 0.05) is 28.8 Å². The van der Waals surface area contributed by atoms with E-state index in [1.54, 1.807) is 54.9 Å². The summed E-state index contributed by atoms with van der Waals surface area (Å²) in [4.78, 5) is 46.8. The van der Waals surface area contributed by atoms with Gasteiger partial charge in [-0.3, -0.25) is 23.7 Å². The lowest BCUT2D eigenvalue weighted by Gasteiger charge is -2.14. The van der Waals surface area contributed by atoms with Gasteiger partial charge in [-0.15, -0.1) is 0 Å². The molecule has 0 radical (unpaired) electrons. The summed E-state index contributed by atoms with van der Waals surface area (Å²) in [6.45, 7) is -0.204. The zero-order valence-electron chi connectivity index (χ0n) is 15.7. The minimum atomic E-state index is -0.582. The number of benzene rings is 1. The maximum Gasteiger partial charge on any atom is 0.332 e. The van der Waals surface area contributed by atoms with Crippen LogP contribution < -0.4 is 16.6 Å². The SMILES string of the molecule is O=C(Cn1c(=O)n(Cc2ccncc2)c(=O)c2ncccc21)Nc1cccc(Br)c1. The third kappa shape index (κ3) is 4.06. The Hall–Kier alpha value is -3.59. The molecule has 9 heteroatoms. The summed E-state index contributed by atoms with van der Waals surface area (Å²) in [5.41, 5.74) is 0.682. The second-order valence-electron chi connectivity index (χ2n) is 6.55. The Morgan fingerprint density at radius 3 is 2.57 bits per heavy atom. The number of halogens is 1. The van der Waals surface area contributed by atoms with Gasteiger partial charge in [0.05, 0.1) is 12.1 Å². The van der Waals surface area contributed by atoms with Crippen LogP contribution in [0.3, 0.4) is 0 Å². The van der Waals surface area contributed by atoms with Crippen LogP contribution >= 0.6 is 15.9 Å². The average molecular weight is 466 g/mol. The van der Waals surface area contributed by atoms with Crippen molar-refractivity contribution >= 4 is 38.6 Å². The number of rotatable bonds is 5. The number of carbonyl (C=O) groups is 1. The van der Waals surface area contributed by atoms with E-state index in [0.717, 1.165) is 14.6 Å². The van der Waals surface area contributed by atoms with Crippen LogP contribution in [-0.4, -0.2) is 25.0 Å². The largest absolute Gasteiger partial charge is 0.332 e. The van der Waals surface area contributed by atoms with Crippen molar-refractivity contribution in [1.82, 2.24) is 19.1 Å². The van der Waals surface area contributed by atoms with Crippen LogP contribution in [0.1, 0.15) is 5.56 Å². The minimum Gasteiger partial charge on any atom is -0.324 e. The lowest BCUT2D eigenvalue weighted by atomic mass is 10.2. The van der Waals surface area contributed by atoms with Gasteiger partial charge in [-0.05, 0) is 48.0 Å². The summed E-state index contributed by atoms with van der Waals surface area (Å²) in [5.74, 6) is -0.394. The van der Waals surface area contributed by atoms with Gasteiger partial charge in [-0.25, -0.2) is 9.78 Å². The molecule has 0 aliphatic carbocycles. The van der Waals surface area contributed by atoms with Crippen molar-refractivity contribution in [2.24, 2.45) is 0 Å². The molecule has 1 amide bonds. The summed E-state index contributed by atoms with van der Waals surface area (Å²) in [6.07, 6.45) is 4.66. The summed E-state index contributed by atoms with van der Waals surface area (Å²) < 4.78 is 3.16. The highest BCUT2D eigenvalue weighted by atomic mass is 79.9. The van der Waals surface area contributed by atoms with E-state index in [1.807, 2.05) is 6.07 Å². The highest BCUT2D eigenvalue weighted by Crippen LogP contribution is 2.15. The Morgan fingerprint density at radius 2 is 1.80 bits per heavy atom. The molecular weight excluding hydrogens is 450 g/mol. The van der Waals surface area contributed by atoms with Crippen molar-refractivity contribution in [1.29, 1.82) is 0 Å². The molecule has 0 saturated carbocycles. The molecule has 0 unspecified atom stereocenters. The smallest absolute Gasteiger partial charge is 0.324 e. The average Bonchev–Trinajstić information content (AvgIpc) is 2.75. The molecular formula is C21H16BrN5O3. The standard InChI is InChI=1S/C21H16BrN5O3/c22-15-3-1-4-16(11-15)25-18(28)13-26-17-5-2-8-24-19(17)20(29)27(21(26)30)12-14-6-9-23-10-7-14/h1-11H,12-13H2,(H,25,28).